The number of halogens is 1. The van der Waals surface area contributed by atoms with Gasteiger partial charge in [-0.2, -0.15) is 0 Å². The molecule has 0 heterocycles. The van der Waals surface area contributed by atoms with Gasteiger partial charge in [-0.25, -0.2) is 0 Å². The van der Waals surface area contributed by atoms with Crippen LogP contribution < -0.4 is 15.2 Å². The van der Waals surface area contributed by atoms with Crippen LogP contribution >= 0.6 is 11.6 Å². The summed E-state index contributed by atoms with van der Waals surface area (Å²) in [7, 11) is 3.08. The van der Waals surface area contributed by atoms with E-state index in [1.54, 1.807) is 19.2 Å². The number of hydrogen-bond donors (Lipinski definition) is 1. The molecule has 0 saturated heterocycles. The zero-order chi connectivity index (χ0) is 12.1. The molecule has 0 spiro atoms. The molecule has 0 fully saturated rings. The largest absolute Gasteiger partial charge is 0.493 e. The summed E-state index contributed by atoms with van der Waals surface area (Å²) < 4.78 is 10.3. The van der Waals surface area contributed by atoms with Gasteiger partial charge in [0.1, 0.15) is 0 Å². The average Bonchev–Trinajstić information content (AvgIpc) is 2.28. The third-order valence-corrected chi connectivity index (χ3v) is 2.50. The molecule has 0 saturated carbocycles. The standard InChI is InChI=1S/C12H14ClNO2/c1-4-5-10(14)8-6-9(13)12(16-3)11(7-8)15-2/h1,6-7,10H,5,14H2,2-3H3. The fourth-order valence-corrected chi connectivity index (χ4v) is 1.69. The highest BCUT2D eigenvalue weighted by Gasteiger charge is 2.14. The van der Waals surface area contributed by atoms with Gasteiger partial charge in [0, 0.05) is 12.5 Å². The number of methoxy groups -OCH3 is 2. The number of benzene rings is 1. The topological polar surface area (TPSA) is 44.5 Å². The average molecular weight is 240 g/mol. The van der Waals surface area contributed by atoms with E-state index in [1.165, 1.54) is 7.11 Å². The monoisotopic (exact) mass is 239 g/mol. The van der Waals surface area contributed by atoms with E-state index in [1.807, 2.05) is 0 Å². The van der Waals surface area contributed by atoms with Gasteiger partial charge in [0.25, 0.3) is 0 Å². The summed E-state index contributed by atoms with van der Waals surface area (Å²) in [6, 6.07) is 3.28. The van der Waals surface area contributed by atoms with Crippen molar-refractivity contribution in [2.75, 3.05) is 14.2 Å². The van der Waals surface area contributed by atoms with Crippen LogP contribution in [0.15, 0.2) is 12.1 Å². The van der Waals surface area contributed by atoms with E-state index in [0.717, 1.165) is 5.56 Å². The molecule has 1 rings (SSSR count). The lowest BCUT2D eigenvalue weighted by Crippen LogP contribution is -2.09. The Morgan fingerprint density at radius 3 is 2.62 bits per heavy atom. The predicted molar refractivity (Wildman–Crippen MR) is 64.9 cm³/mol. The Morgan fingerprint density at radius 1 is 1.44 bits per heavy atom. The van der Waals surface area contributed by atoms with Crippen LogP contribution in [0.25, 0.3) is 0 Å². The minimum absolute atomic E-state index is 0.248. The number of rotatable bonds is 4. The number of ether oxygens (including phenoxy) is 2. The quantitative estimate of drug-likeness (QED) is 0.821. The summed E-state index contributed by atoms with van der Waals surface area (Å²) >= 11 is 6.05. The molecule has 1 aromatic carbocycles. The van der Waals surface area contributed by atoms with Crippen molar-refractivity contribution in [3.8, 4) is 23.8 Å². The van der Waals surface area contributed by atoms with E-state index in [9.17, 15) is 0 Å². The molecule has 0 aliphatic heterocycles. The third-order valence-electron chi connectivity index (χ3n) is 2.22. The van der Waals surface area contributed by atoms with E-state index in [-0.39, 0.29) is 6.04 Å². The summed E-state index contributed by atoms with van der Waals surface area (Å²) in [5.41, 5.74) is 6.73. The molecule has 3 nitrogen and oxygen atoms in total. The number of terminal acetylenes is 1. The molecule has 0 aliphatic carbocycles. The molecule has 86 valence electrons. The lowest BCUT2D eigenvalue weighted by atomic mass is 10.0. The van der Waals surface area contributed by atoms with Crippen LogP contribution in [0.1, 0.15) is 18.0 Å². The zero-order valence-electron chi connectivity index (χ0n) is 9.29. The highest BCUT2D eigenvalue weighted by atomic mass is 35.5. The number of nitrogens with two attached hydrogens (primary N) is 1. The molecule has 0 amide bonds. The maximum absolute atomic E-state index is 6.05. The van der Waals surface area contributed by atoms with E-state index in [2.05, 4.69) is 5.92 Å². The smallest absolute Gasteiger partial charge is 0.179 e. The zero-order valence-corrected chi connectivity index (χ0v) is 10.0. The van der Waals surface area contributed by atoms with Crippen molar-refractivity contribution < 1.29 is 9.47 Å². The van der Waals surface area contributed by atoms with Crippen molar-refractivity contribution in [2.45, 2.75) is 12.5 Å². The van der Waals surface area contributed by atoms with Gasteiger partial charge >= 0.3 is 0 Å². The lowest BCUT2D eigenvalue weighted by Gasteiger charge is -2.14. The Morgan fingerprint density at radius 2 is 2.12 bits per heavy atom. The van der Waals surface area contributed by atoms with Crippen molar-refractivity contribution >= 4 is 11.6 Å². The Bertz CT molecular complexity index is 412. The first-order valence-electron chi connectivity index (χ1n) is 4.74. The predicted octanol–water partition coefficient (Wildman–Crippen LogP) is 2.38. The van der Waals surface area contributed by atoms with Crippen molar-refractivity contribution in [1.29, 1.82) is 0 Å². The molecule has 2 N–H and O–H groups in total. The second-order valence-electron chi connectivity index (χ2n) is 3.25. The molecule has 0 bridgehead atoms. The first kappa shape index (κ1) is 12.7. The van der Waals surface area contributed by atoms with E-state index in [0.29, 0.717) is 22.9 Å². The minimum atomic E-state index is -0.248. The van der Waals surface area contributed by atoms with E-state index < -0.39 is 0 Å². The van der Waals surface area contributed by atoms with Gasteiger partial charge in [-0.15, -0.1) is 12.3 Å². The third kappa shape index (κ3) is 2.60. The van der Waals surface area contributed by atoms with Crippen molar-refractivity contribution in [1.82, 2.24) is 0 Å². The van der Waals surface area contributed by atoms with Gasteiger partial charge in [0.15, 0.2) is 11.5 Å². The molecule has 0 radical (unpaired) electrons. The van der Waals surface area contributed by atoms with Gasteiger partial charge in [0.05, 0.1) is 19.2 Å². The maximum Gasteiger partial charge on any atom is 0.179 e. The van der Waals surface area contributed by atoms with Crippen molar-refractivity contribution in [3.05, 3.63) is 22.7 Å². The Balaban J connectivity index is 3.15. The van der Waals surface area contributed by atoms with Crippen LogP contribution in [-0.2, 0) is 0 Å². The second kappa shape index (κ2) is 5.64. The van der Waals surface area contributed by atoms with Gasteiger partial charge < -0.3 is 15.2 Å². The van der Waals surface area contributed by atoms with Gasteiger partial charge in [-0.05, 0) is 17.7 Å². The summed E-state index contributed by atoms with van der Waals surface area (Å²) in [6.07, 6.45) is 5.66. The van der Waals surface area contributed by atoms with Crippen LogP contribution in [0.5, 0.6) is 11.5 Å². The lowest BCUT2D eigenvalue weighted by molar-refractivity contribution is 0.354. The SMILES string of the molecule is C#CCC(N)c1cc(Cl)c(OC)c(OC)c1. The molecule has 1 atom stereocenters. The fourth-order valence-electron chi connectivity index (χ4n) is 1.40. The van der Waals surface area contributed by atoms with E-state index in [4.69, 9.17) is 33.2 Å². The summed E-state index contributed by atoms with van der Waals surface area (Å²) in [5, 5.41) is 0.462. The van der Waals surface area contributed by atoms with Crippen LogP contribution in [0.2, 0.25) is 5.02 Å². The molecule has 1 unspecified atom stereocenters. The molecule has 0 aromatic heterocycles. The highest BCUT2D eigenvalue weighted by Crippen LogP contribution is 2.37. The second-order valence-corrected chi connectivity index (χ2v) is 3.66. The first-order chi connectivity index (χ1) is 7.63. The highest BCUT2D eigenvalue weighted by molar-refractivity contribution is 6.32. The van der Waals surface area contributed by atoms with Crippen LogP contribution in [0, 0.1) is 12.3 Å². The Hall–Kier alpha value is -1.37. The fraction of sp³-hybridized carbons (Fsp3) is 0.333. The molecule has 4 heteroatoms. The van der Waals surface area contributed by atoms with Gasteiger partial charge in [-0.3, -0.25) is 0 Å². The summed E-state index contributed by atoms with van der Waals surface area (Å²) in [4.78, 5) is 0. The molecule has 16 heavy (non-hydrogen) atoms. The molecular formula is C12H14ClNO2. The molecular weight excluding hydrogens is 226 g/mol. The molecule has 1 aromatic rings. The van der Waals surface area contributed by atoms with Gasteiger partial charge in [0.2, 0.25) is 0 Å². The Kier molecular flexibility index (Phi) is 4.48. The molecule has 0 aliphatic rings. The number of hydrogen-bond acceptors (Lipinski definition) is 3. The van der Waals surface area contributed by atoms with Crippen molar-refractivity contribution in [2.24, 2.45) is 5.73 Å². The summed E-state index contributed by atoms with van der Waals surface area (Å²) in [6.45, 7) is 0. The first-order valence-corrected chi connectivity index (χ1v) is 5.12. The van der Waals surface area contributed by atoms with Crippen LogP contribution in [0.4, 0.5) is 0 Å². The van der Waals surface area contributed by atoms with Crippen molar-refractivity contribution in [3.63, 3.8) is 0 Å². The minimum Gasteiger partial charge on any atom is -0.493 e. The maximum atomic E-state index is 6.05. The van der Waals surface area contributed by atoms with Crippen LogP contribution in [0.3, 0.4) is 0 Å². The van der Waals surface area contributed by atoms with Crippen LogP contribution in [-0.4, -0.2) is 14.2 Å². The summed E-state index contributed by atoms with van der Waals surface area (Å²) in [5.74, 6) is 3.57. The Labute approximate surface area is 100 Å². The van der Waals surface area contributed by atoms with E-state index >= 15 is 0 Å². The normalized spacial score (nSPS) is 11.7. The van der Waals surface area contributed by atoms with Gasteiger partial charge in [-0.1, -0.05) is 11.6 Å².